The molecule has 2 aromatic rings. The van der Waals surface area contributed by atoms with Gasteiger partial charge in [-0.15, -0.1) is 0 Å². The van der Waals surface area contributed by atoms with Gasteiger partial charge >= 0.3 is 0 Å². The van der Waals surface area contributed by atoms with Crippen molar-refractivity contribution in [3.8, 4) is 0 Å². The van der Waals surface area contributed by atoms with Crippen LogP contribution in [0.1, 0.15) is 36.0 Å². The van der Waals surface area contributed by atoms with Crippen molar-refractivity contribution >= 4 is 43.1 Å². The van der Waals surface area contributed by atoms with Gasteiger partial charge in [0.15, 0.2) is 27.3 Å². The second kappa shape index (κ2) is 9.84. The topological polar surface area (TPSA) is 130 Å². The number of aliphatic hydroxyl groups is 1. The Kier molecular flexibility index (Phi) is 7.40. The molecule has 4 rings (SSSR count). The second-order valence-electron chi connectivity index (χ2n) is 9.55. The number of sulfone groups is 1. The predicted molar refractivity (Wildman–Crippen MR) is 130 cm³/mol. The van der Waals surface area contributed by atoms with Crippen LogP contribution >= 0.6 is 11.6 Å². The molecule has 2 aliphatic carbocycles. The van der Waals surface area contributed by atoms with Gasteiger partial charge in [-0.2, -0.15) is 0 Å². The first kappa shape index (κ1) is 27.8. The molecule has 14 heteroatoms. The third-order valence-corrected chi connectivity index (χ3v) is 10.5. The van der Waals surface area contributed by atoms with Crippen LogP contribution in [0.4, 0.5) is 18.9 Å². The minimum absolute atomic E-state index is 0.0711. The lowest BCUT2D eigenvalue weighted by atomic mass is 9.74. The summed E-state index contributed by atoms with van der Waals surface area (Å²) in [6, 6.07) is 4.66. The Labute approximate surface area is 217 Å². The third kappa shape index (κ3) is 5.51. The van der Waals surface area contributed by atoms with Crippen molar-refractivity contribution in [3.05, 3.63) is 58.4 Å². The molecule has 2 aliphatic rings. The van der Waals surface area contributed by atoms with Gasteiger partial charge in [-0.05, 0) is 55.7 Å². The SMILES string of the molecule is CS(=O)(=O)NC[C@]1(O)C2CCC1C[C@H](S(=O)(=O)c1cc(C(=O)Nc3cc(F)c(F)c(F)c3)ccc1Cl)C2. The van der Waals surface area contributed by atoms with Gasteiger partial charge in [0.25, 0.3) is 5.91 Å². The highest BCUT2D eigenvalue weighted by Gasteiger charge is 2.55. The average Bonchev–Trinajstić information content (AvgIpc) is 2.97. The van der Waals surface area contributed by atoms with Gasteiger partial charge in [-0.25, -0.2) is 34.7 Å². The van der Waals surface area contributed by atoms with E-state index in [2.05, 4.69) is 10.0 Å². The Balaban J connectivity index is 1.56. The van der Waals surface area contributed by atoms with E-state index in [0.717, 1.165) is 12.3 Å². The number of sulfonamides is 1. The van der Waals surface area contributed by atoms with E-state index in [9.17, 15) is 39.9 Å². The number of hydrogen-bond acceptors (Lipinski definition) is 6. The Hall–Kier alpha value is -2.19. The highest BCUT2D eigenvalue weighted by molar-refractivity contribution is 7.92. The quantitative estimate of drug-likeness (QED) is 0.431. The van der Waals surface area contributed by atoms with Crippen LogP contribution in [0.5, 0.6) is 0 Å². The van der Waals surface area contributed by atoms with Crippen molar-refractivity contribution < 1.29 is 39.9 Å². The summed E-state index contributed by atoms with van der Waals surface area (Å²) in [4.78, 5) is 12.3. The molecule has 2 unspecified atom stereocenters. The molecule has 2 saturated carbocycles. The molecule has 3 N–H and O–H groups in total. The fraction of sp³-hybridized carbons (Fsp3) is 0.435. The number of carbonyl (C=O) groups excluding carboxylic acids is 1. The number of halogens is 4. The highest BCUT2D eigenvalue weighted by atomic mass is 35.5. The molecule has 2 aromatic carbocycles. The van der Waals surface area contributed by atoms with Crippen molar-refractivity contribution in [2.75, 3.05) is 18.1 Å². The zero-order chi connectivity index (χ0) is 27.3. The maximum Gasteiger partial charge on any atom is 0.255 e. The van der Waals surface area contributed by atoms with E-state index in [-0.39, 0.29) is 40.6 Å². The zero-order valence-corrected chi connectivity index (χ0v) is 21.9. The number of hydrogen-bond donors (Lipinski definition) is 3. The smallest absolute Gasteiger partial charge is 0.255 e. The number of fused-ring (bicyclic) bond motifs is 2. The first-order valence-corrected chi connectivity index (χ1v) is 15.1. The molecule has 0 aliphatic heterocycles. The Morgan fingerprint density at radius 2 is 1.62 bits per heavy atom. The standard InChI is InChI=1S/C23H24ClF3N2O6S2/c1-36(32,33)28-11-23(31)13-3-4-14(23)8-16(7-13)37(34,35)20-6-12(2-5-17(20)24)22(30)29-15-9-18(25)21(27)19(26)10-15/h2,5-6,9-10,13-14,16,28,31H,3-4,7-8,11H2,1H3,(H,29,30)/t13?,14?,16-,23+. The van der Waals surface area contributed by atoms with E-state index < -0.39 is 65.9 Å². The summed E-state index contributed by atoms with van der Waals surface area (Å²) in [7, 11) is -7.65. The Bertz CT molecular complexity index is 1430. The first-order valence-electron chi connectivity index (χ1n) is 11.3. The van der Waals surface area contributed by atoms with Gasteiger partial charge in [0.05, 0.1) is 27.0 Å². The largest absolute Gasteiger partial charge is 0.388 e. The lowest BCUT2D eigenvalue weighted by molar-refractivity contribution is -0.0525. The fourth-order valence-corrected chi connectivity index (χ4v) is 8.17. The molecular formula is C23H24ClF3N2O6S2. The molecule has 0 aromatic heterocycles. The summed E-state index contributed by atoms with van der Waals surface area (Å²) in [5.74, 6) is -6.54. The molecule has 2 bridgehead atoms. The summed E-state index contributed by atoms with van der Waals surface area (Å²) in [5, 5.41) is 12.3. The van der Waals surface area contributed by atoms with E-state index in [1.165, 1.54) is 12.1 Å². The molecule has 1 amide bonds. The molecule has 0 spiro atoms. The predicted octanol–water partition coefficient (Wildman–Crippen LogP) is 3.25. The van der Waals surface area contributed by atoms with Crippen LogP contribution < -0.4 is 10.0 Å². The van der Waals surface area contributed by atoms with Gasteiger partial charge in [0, 0.05) is 29.9 Å². The zero-order valence-electron chi connectivity index (χ0n) is 19.5. The number of nitrogens with one attached hydrogen (secondary N) is 2. The van der Waals surface area contributed by atoms with Crippen molar-refractivity contribution in [3.63, 3.8) is 0 Å². The average molecular weight is 581 g/mol. The highest BCUT2D eigenvalue weighted by Crippen LogP contribution is 2.52. The van der Waals surface area contributed by atoms with Gasteiger partial charge in [-0.3, -0.25) is 4.79 Å². The van der Waals surface area contributed by atoms with E-state index in [0.29, 0.717) is 25.0 Å². The lowest BCUT2D eigenvalue weighted by Gasteiger charge is -2.42. The normalized spacial score (nSPS) is 25.7. The van der Waals surface area contributed by atoms with Crippen LogP contribution in [-0.4, -0.2) is 51.5 Å². The number of rotatable bonds is 7. The molecule has 2 atom stereocenters. The van der Waals surface area contributed by atoms with Crippen LogP contribution in [0.2, 0.25) is 5.02 Å². The molecular weight excluding hydrogens is 557 g/mol. The Morgan fingerprint density at radius 3 is 2.16 bits per heavy atom. The number of benzene rings is 2. The van der Waals surface area contributed by atoms with Crippen LogP contribution in [0.3, 0.4) is 0 Å². The molecule has 0 saturated heterocycles. The molecule has 0 radical (unpaired) electrons. The number of amides is 1. The maximum atomic E-state index is 13.6. The van der Waals surface area contributed by atoms with Crippen LogP contribution in [0, 0.1) is 29.3 Å². The Morgan fingerprint density at radius 1 is 1.05 bits per heavy atom. The second-order valence-corrected chi connectivity index (χ2v) is 14.0. The van der Waals surface area contributed by atoms with Crippen LogP contribution in [0.25, 0.3) is 0 Å². The monoisotopic (exact) mass is 580 g/mol. The lowest BCUT2D eigenvalue weighted by Crippen LogP contribution is -2.54. The summed E-state index contributed by atoms with van der Waals surface area (Å²) < 4.78 is 92.7. The van der Waals surface area contributed by atoms with Crippen molar-refractivity contribution in [1.29, 1.82) is 0 Å². The molecule has 2 fully saturated rings. The molecule has 8 nitrogen and oxygen atoms in total. The van der Waals surface area contributed by atoms with Crippen molar-refractivity contribution in [2.24, 2.45) is 11.8 Å². The van der Waals surface area contributed by atoms with Gasteiger partial charge in [0.1, 0.15) is 0 Å². The van der Waals surface area contributed by atoms with Crippen LogP contribution in [-0.2, 0) is 19.9 Å². The van der Waals surface area contributed by atoms with Crippen molar-refractivity contribution in [2.45, 2.75) is 41.4 Å². The van der Waals surface area contributed by atoms with Gasteiger partial charge < -0.3 is 10.4 Å². The molecule has 0 heterocycles. The summed E-state index contributed by atoms with van der Waals surface area (Å²) in [5.41, 5.74) is -1.91. The van der Waals surface area contributed by atoms with E-state index in [4.69, 9.17) is 11.6 Å². The third-order valence-electron chi connectivity index (χ3n) is 7.17. The summed E-state index contributed by atoms with van der Waals surface area (Å²) >= 11 is 6.19. The summed E-state index contributed by atoms with van der Waals surface area (Å²) in [6.07, 6.45) is 2.17. The summed E-state index contributed by atoms with van der Waals surface area (Å²) in [6.45, 7) is -0.213. The minimum Gasteiger partial charge on any atom is -0.388 e. The van der Waals surface area contributed by atoms with Crippen molar-refractivity contribution in [1.82, 2.24) is 4.72 Å². The minimum atomic E-state index is -4.09. The fourth-order valence-electron chi connectivity index (χ4n) is 5.27. The molecule has 37 heavy (non-hydrogen) atoms. The first-order chi connectivity index (χ1) is 17.1. The van der Waals surface area contributed by atoms with E-state index in [1.807, 2.05) is 0 Å². The van der Waals surface area contributed by atoms with Gasteiger partial charge in [0.2, 0.25) is 10.0 Å². The van der Waals surface area contributed by atoms with E-state index in [1.54, 1.807) is 0 Å². The molecule has 202 valence electrons. The van der Waals surface area contributed by atoms with E-state index >= 15 is 0 Å². The number of anilines is 1. The maximum absolute atomic E-state index is 13.6. The van der Waals surface area contributed by atoms with Gasteiger partial charge in [-0.1, -0.05) is 11.6 Å². The number of carbonyl (C=O) groups is 1. The van der Waals surface area contributed by atoms with Crippen LogP contribution in [0.15, 0.2) is 35.2 Å².